The van der Waals surface area contributed by atoms with Gasteiger partial charge >= 0.3 is 0 Å². The first-order valence-electron chi connectivity index (χ1n) is 7.08. The Morgan fingerprint density at radius 3 is 3.10 bits per heavy atom. The molecule has 1 amide bonds. The second kappa shape index (κ2) is 7.09. The van der Waals surface area contributed by atoms with E-state index >= 15 is 0 Å². The first-order chi connectivity index (χ1) is 9.76. The lowest BCUT2D eigenvalue weighted by atomic mass is 10.2. The summed E-state index contributed by atoms with van der Waals surface area (Å²) in [4.78, 5) is 18.5. The average molecular weight is 278 g/mol. The van der Waals surface area contributed by atoms with E-state index in [2.05, 4.69) is 20.5 Å². The summed E-state index contributed by atoms with van der Waals surface area (Å²) in [7, 11) is 0. The van der Waals surface area contributed by atoms with Crippen molar-refractivity contribution in [3.05, 3.63) is 18.3 Å². The van der Waals surface area contributed by atoms with Gasteiger partial charge in [-0.25, -0.2) is 4.98 Å². The lowest BCUT2D eigenvalue weighted by molar-refractivity contribution is -0.124. The molecule has 2 N–H and O–H groups in total. The van der Waals surface area contributed by atoms with E-state index in [0.717, 1.165) is 18.1 Å². The van der Waals surface area contributed by atoms with E-state index < -0.39 is 0 Å². The summed E-state index contributed by atoms with van der Waals surface area (Å²) in [6.07, 6.45) is 1.76. The van der Waals surface area contributed by atoms with E-state index in [9.17, 15) is 4.79 Å². The first-order valence-corrected chi connectivity index (χ1v) is 7.08. The second-order valence-electron chi connectivity index (χ2n) is 4.61. The lowest BCUT2D eigenvalue weighted by Gasteiger charge is -2.36. The summed E-state index contributed by atoms with van der Waals surface area (Å²) >= 11 is 0. The van der Waals surface area contributed by atoms with Crippen molar-refractivity contribution in [1.29, 1.82) is 0 Å². The predicted molar refractivity (Wildman–Crippen MR) is 79.0 cm³/mol. The van der Waals surface area contributed by atoms with Gasteiger partial charge in [0, 0.05) is 37.6 Å². The van der Waals surface area contributed by atoms with Gasteiger partial charge in [-0.3, -0.25) is 4.79 Å². The van der Waals surface area contributed by atoms with Crippen LogP contribution in [0.3, 0.4) is 0 Å². The van der Waals surface area contributed by atoms with Crippen LogP contribution < -0.4 is 15.5 Å². The van der Waals surface area contributed by atoms with Crippen molar-refractivity contribution in [3.63, 3.8) is 0 Å². The fourth-order valence-electron chi connectivity index (χ4n) is 2.30. The van der Waals surface area contributed by atoms with Gasteiger partial charge in [0.25, 0.3) is 0 Å². The second-order valence-corrected chi connectivity index (χ2v) is 4.61. The van der Waals surface area contributed by atoms with Crippen LogP contribution in [0.25, 0.3) is 0 Å². The number of aromatic nitrogens is 1. The topological polar surface area (TPSA) is 66.5 Å². The molecule has 1 unspecified atom stereocenters. The minimum atomic E-state index is -0.277. The third kappa shape index (κ3) is 3.39. The van der Waals surface area contributed by atoms with Crippen molar-refractivity contribution < 1.29 is 9.53 Å². The van der Waals surface area contributed by atoms with Crippen LogP contribution in [0.5, 0.6) is 0 Å². The number of nitrogens with zero attached hydrogens (tertiary/aromatic N) is 2. The SMILES string of the molecule is CCNC(=O)C1COCCN1c1ccnc(NCC)c1. The standard InChI is InChI=1S/C14H22N4O2/c1-3-15-13-9-11(5-6-17-13)18-7-8-20-10-12(18)14(19)16-4-2/h5-6,9,12H,3-4,7-8,10H2,1-2H3,(H,15,17)(H,16,19). The minimum Gasteiger partial charge on any atom is -0.377 e. The number of hydrogen-bond donors (Lipinski definition) is 2. The molecule has 1 atom stereocenters. The molecule has 0 aromatic carbocycles. The van der Waals surface area contributed by atoms with Crippen LogP contribution in [-0.4, -0.2) is 49.8 Å². The molecule has 1 saturated heterocycles. The molecule has 6 heteroatoms. The summed E-state index contributed by atoms with van der Waals surface area (Å²) < 4.78 is 5.45. The Balaban J connectivity index is 2.18. The molecule has 20 heavy (non-hydrogen) atoms. The number of ether oxygens (including phenoxy) is 1. The van der Waals surface area contributed by atoms with Gasteiger partial charge in [0.2, 0.25) is 5.91 Å². The lowest BCUT2D eigenvalue weighted by Crippen LogP contribution is -2.54. The summed E-state index contributed by atoms with van der Waals surface area (Å²) in [5.74, 6) is 0.833. The Kier molecular flexibility index (Phi) is 5.17. The van der Waals surface area contributed by atoms with Gasteiger partial charge in [-0.2, -0.15) is 0 Å². The van der Waals surface area contributed by atoms with Crippen molar-refractivity contribution in [2.75, 3.05) is 43.1 Å². The number of morpholine rings is 1. The smallest absolute Gasteiger partial charge is 0.245 e. The van der Waals surface area contributed by atoms with E-state index in [0.29, 0.717) is 26.3 Å². The van der Waals surface area contributed by atoms with Crippen LogP contribution in [0.1, 0.15) is 13.8 Å². The molecule has 0 spiro atoms. The maximum absolute atomic E-state index is 12.1. The number of amides is 1. The number of nitrogens with one attached hydrogen (secondary N) is 2. The largest absolute Gasteiger partial charge is 0.377 e. The predicted octanol–water partition coefficient (Wildman–Crippen LogP) is 0.855. The monoisotopic (exact) mass is 278 g/mol. The molecule has 0 aliphatic carbocycles. The number of anilines is 2. The summed E-state index contributed by atoms with van der Waals surface area (Å²) in [6.45, 7) is 7.15. The molecule has 1 aliphatic rings. The Hall–Kier alpha value is -1.82. The van der Waals surface area contributed by atoms with Gasteiger partial charge in [0.05, 0.1) is 13.2 Å². The van der Waals surface area contributed by atoms with Crippen LogP contribution in [0.2, 0.25) is 0 Å². The fraction of sp³-hybridized carbons (Fsp3) is 0.571. The molecule has 0 radical (unpaired) electrons. The molecule has 2 rings (SSSR count). The first kappa shape index (κ1) is 14.6. The van der Waals surface area contributed by atoms with Crippen LogP contribution in [-0.2, 0) is 9.53 Å². The molecular formula is C14H22N4O2. The fourth-order valence-corrected chi connectivity index (χ4v) is 2.30. The highest BCUT2D eigenvalue weighted by molar-refractivity contribution is 5.85. The van der Waals surface area contributed by atoms with Crippen LogP contribution >= 0.6 is 0 Å². The third-order valence-corrected chi connectivity index (χ3v) is 3.22. The molecule has 2 heterocycles. The molecule has 1 fully saturated rings. The highest BCUT2D eigenvalue weighted by Crippen LogP contribution is 2.21. The van der Waals surface area contributed by atoms with Crippen molar-refractivity contribution >= 4 is 17.4 Å². The quantitative estimate of drug-likeness (QED) is 0.836. The van der Waals surface area contributed by atoms with Crippen molar-refractivity contribution in [2.24, 2.45) is 0 Å². The molecule has 1 aliphatic heterocycles. The maximum atomic E-state index is 12.1. The maximum Gasteiger partial charge on any atom is 0.245 e. The van der Waals surface area contributed by atoms with Crippen molar-refractivity contribution in [2.45, 2.75) is 19.9 Å². The normalized spacial score (nSPS) is 18.7. The number of likely N-dealkylation sites (N-methyl/N-ethyl adjacent to an activating group) is 1. The van der Waals surface area contributed by atoms with Gasteiger partial charge in [0.1, 0.15) is 11.9 Å². The molecule has 0 bridgehead atoms. The highest BCUT2D eigenvalue weighted by Gasteiger charge is 2.29. The van der Waals surface area contributed by atoms with Crippen LogP contribution in [0.4, 0.5) is 11.5 Å². The zero-order valence-corrected chi connectivity index (χ0v) is 12.1. The minimum absolute atomic E-state index is 0.00835. The molecule has 0 saturated carbocycles. The van der Waals surface area contributed by atoms with E-state index in [1.807, 2.05) is 26.0 Å². The Bertz CT molecular complexity index is 453. The van der Waals surface area contributed by atoms with Gasteiger partial charge in [-0.05, 0) is 19.9 Å². The number of carbonyl (C=O) groups excluding carboxylic acids is 1. The summed E-state index contributed by atoms with van der Waals surface area (Å²) in [5.41, 5.74) is 0.996. The molecule has 6 nitrogen and oxygen atoms in total. The van der Waals surface area contributed by atoms with E-state index in [4.69, 9.17) is 4.74 Å². The summed E-state index contributed by atoms with van der Waals surface area (Å²) in [6, 6.07) is 3.62. The zero-order valence-electron chi connectivity index (χ0n) is 12.1. The zero-order chi connectivity index (χ0) is 14.4. The summed E-state index contributed by atoms with van der Waals surface area (Å²) in [5, 5.41) is 6.05. The van der Waals surface area contributed by atoms with E-state index in [1.54, 1.807) is 6.20 Å². The van der Waals surface area contributed by atoms with Gasteiger partial charge < -0.3 is 20.3 Å². The molecule has 1 aromatic rings. The van der Waals surface area contributed by atoms with Gasteiger partial charge in [-0.1, -0.05) is 0 Å². The Labute approximate surface area is 119 Å². The number of rotatable bonds is 5. The highest BCUT2D eigenvalue weighted by atomic mass is 16.5. The van der Waals surface area contributed by atoms with Crippen LogP contribution in [0, 0.1) is 0 Å². The molecule has 1 aromatic heterocycles. The van der Waals surface area contributed by atoms with Crippen LogP contribution in [0.15, 0.2) is 18.3 Å². The Morgan fingerprint density at radius 1 is 1.50 bits per heavy atom. The average Bonchev–Trinajstić information content (AvgIpc) is 2.48. The number of pyridine rings is 1. The molecule has 110 valence electrons. The third-order valence-electron chi connectivity index (χ3n) is 3.22. The van der Waals surface area contributed by atoms with E-state index in [-0.39, 0.29) is 11.9 Å². The number of carbonyl (C=O) groups is 1. The Morgan fingerprint density at radius 2 is 2.35 bits per heavy atom. The van der Waals surface area contributed by atoms with Gasteiger partial charge in [0.15, 0.2) is 0 Å². The van der Waals surface area contributed by atoms with Gasteiger partial charge in [-0.15, -0.1) is 0 Å². The number of hydrogen-bond acceptors (Lipinski definition) is 5. The molecular weight excluding hydrogens is 256 g/mol. The van der Waals surface area contributed by atoms with Crippen molar-refractivity contribution in [3.8, 4) is 0 Å². The van der Waals surface area contributed by atoms with Crippen molar-refractivity contribution in [1.82, 2.24) is 10.3 Å². The van der Waals surface area contributed by atoms with E-state index in [1.165, 1.54) is 0 Å².